The second kappa shape index (κ2) is 5.16. The Labute approximate surface area is 106 Å². The van der Waals surface area contributed by atoms with Crippen LogP contribution in [-0.4, -0.2) is 19.1 Å². The number of ether oxygens (including phenoxy) is 2. The maximum absolute atomic E-state index is 11.2. The maximum Gasteiger partial charge on any atom is 0.262 e. The lowest BCUT2D eigenvalue weighted by Crippen LogP contribution is -2.25. The number of rotatable bonds is 4. The highest BCUT2D eigenvalue weighted by molar-refractivity contribution is 5.96. The van der Waals surface area contributed by atoms with Gasteiger partial charge in [-0.3, -0.25) is 4.79 Å². The Morgan fingerprint density at radius 2 is 2.28 bits per heavy atom. The molecule has 18 heavy (non-hydrogen) atoms. The van der Waals surface area contributed by atoms with E-state index in [9.17, 15) is 4.79 Å². The third-order valence-electron chi connectivity index (χ3n) is 2.70. The van der Waals surface area contributed by atoms with Crippen LogP contribution in [0.2, 0.25) is 0 Å². The van der Waals surface area contributed by atoms with E-state index < -0.39 is 0 Å². The standard InChI is InChI=1S/C13H18N2O3/c1-8(2)3-4-17-11-6-10-12(5-9(11)14)18-7-13(16)15-10/h5-6,8H,3-4,7,14H2,1-2H3,(H,15,16). The topological polar surface area (TPSA) is 73.6 Å². The van der Waals surface area contributed by atoms with Crippen LogP contribution in [0.1, 0.15) is 20.3 Å². The molecule has 0 bridgehead atoms. The second-order valence-electron chi connectivity index (χ2n) is 4.75. The van der Waals surface area contributed by atoms with Gasteiger partial charge in [0.25, 0.3) is 5.91 Å². The van der Waals surface area contributed by atoms with Gasteiger partial charge in [0.15, 0.2) is 6.61 Å². The Balaban J connectivity index is 2.11. The summed E-state index contributed by atoms with van der Waals surface area (Å²) in [7, 11) is 0. The third kappa shape index (κ3) is 2.85. The van der Waals surface area contributed by atoms with Crippen molar-refractivity contribution in [2.45, 2.75) is 20.3 Å². The Morgan fingerprint density at radius 1 is 1.50 bits per heavy atom. The van der Waals surface area contributed by atoms with Crippen molar-refractivity contribution in [3.05, 3.63) is 12.1 Å². The summed E-state index contributed by atoms with van der Waals surface area (Å²) < 4.78 is 10.9. The quantitative estimate of drug-likeness (QED) is 0.802. The molecule has 1 aliphatic heterocycles. The number of benzene rings is 1. The van der Waals surface area contributed by atoms with Gasteiger partial charge >= 0.3 is 0 Å². The predicted molar refractivity (Wildman–Crippen MR) is 69.9 cm³/mol. The van der Waals surface area contributed by atoms with Gasteiger partial charge in [-0.1, -0.05) is 13.8 Å². The second-order valence-corrected chi connectivity index (χ2v) is 4.75. The van der Waals surface area contributed by atoms with Gasteiger partial charge in [0, 0.05) is 12.1 Å². The number of carbonyl (C=O) groups excluding carboxylic acids is 1. The minimum atomic E-state index is -0.166. The van der Waals surface area contributed by atoms with E-state index in [1.807, 2.05) is 0 Å². The van der Waals surface area contributed by atoms with Gasteiger partial charge in [-0.15, -0.1) is 0 Å². The lowest BCUT2D eigenvalue weighted by Gasteiger charge is -2.20. The normalized spacial score (nSPS) is 13.8. The molecular weight excluding hydrogens is 232 g/mol. The van der Waals surface area contributed by atoms with Gasteiger partial charge in [-0.2, -0.15) is 0 Å². The first-order valence-corrected chi connectivity index (χ1v) is 6.05. The lowest BCUT2D eigenvalue weighted by atomic mass is 10.1. The van der Waals surface area contributed by atoms with Crippen molar-refractivity contribution in [1.82, 2.24) is 0 Å². The van der Waals surface area contributed by atoms with E-state index in [4.69, 9.17) is 15.2 Å². The zero-order chi connectivity index (χ0) is 13.1. The molecule has 0 radical (unpaired) electrons. The first-order chi connectivity index (χ1) is 8.56. The highest BCUT2D eigenvalue weighted by Crippen LogP contribution is 2.36. The van der Waals surface area contributed by atoms with E-state index in [2.05, 4.69) is 19.2 Å². The molecule has 5 nitrogen and oxygen atoms in total. The molecule has 1 aromatic carbocycles. The van der Waals surface area contributed by atoms with Crippen LogP contribution in [-0.2, 0) is 4.79 Å². The summed E-state index contributed by atoms with van der Waals surface area (Å²) in [6.07, 6.45) is 0.958. The highest BCUT2D eigenvalue weighted by Gasteiger charge is 2.18. The number of anilines is 2. The third-order valence-corrected chi connectivity index (χ3v) is 2.70. The van der Waals surface area contributed by atoms with E-state index >= 15 is 0 Å². The number of hydrogen-bond donors (Lipinski definition) is 2. The largest absolute Gasteiger partial charge is 0.491 e. The Hall–Kier alpha value is -1.91. The van der Waals surface area contributed by atoms with Crippen LogP contribution in [0, 0.1) is 5.92 Å². The van der Waals surface area contributed by atoms with Crippen LogP contribution in [0.15, 0.2) is 12.1 Å². The Kier molecular flexibility index (Phi) is 3.60. The van der Waals surface area contributed by atoms with Crippen LogP contribution in [0.5, 0.6) is 11.5 Å². The molecule has 1 heterocycles. The molecule has 0 saturated heterocycles. The van der Waals surface area contributed by atoms with Crippen LogP contribution in [0.4, 0.5) is 11.4 Å². The highest BCUT2D eigenvalue weighted by atomic mass is 16.5. The number of nitrogen functional groups attached to an aromatic ring is 1. The van der Waals surface area contributed by atoms with E-state index in [1.54, 1.807) is 12.1 Å². The summed E-state index contributed by atoms with van der Waals surface area (Å²) in [6, 6.07) is 3.39. The Bertz CT molecular complexity index is 458. The average Bonchev–Trinajstić information content (AvgIpc) is 2.30. The molecule has 0 saturated carbocycles. The number of nitrogens with one attached hydrogen (secondary N) is 1. The predicted octanol–water partition coefficient (Wildman–Crippen LogP) is 2.02. The minimum Gasteiger partial charge on any atom is -0.491 e. The van der Waals surface area contributed by atoms with Crippen molar-refractivity contribution >= 4 is 17.3 Å². The van der Waals surface area contributed by atoms with Crippen molar-refractivity contribution in [3.8, 4) is 11.5 Å². The van der Waals surface area contributed by atoms with E-state index in [0.717, 1.165) is 6.42 Å². The smallest absolute Gasteiger partial charge is 0.262 e. The lowest BCUT2D eigenvalue weighted by molar-refractivity contribution is -0.118. The molecule has 5 heteroatoms. The number of amides is 1. The number of nitrogens with two attached hydrogens (primary N) is 1. The first kappa shape index (κ1) is 12.5. The van der Waals surface area contributed by atoms with Gasteiger partial charge in [0.05, 0.1) is 18.0 Å². The first-order valence-electron chi connectivity index (χ1n) is 6.05. The molecule has 1 amide bonds. The molecule has 1 aromatic rings. The summed E-state index contributed by atoms with van der Waals surface area (Å²) >= 11 is 0. The fourth-order valence-electron chi connectivity index (χ4n) is 1.65. The van der Waals surface area contributed by atoms with Crippen molar-refractivity contribution < 1.29 is 14.3 Å². The van der Waals surface area contributed by atoms with Crippen molar-refractivity contribution in [1.29, 1.82) is 0 Å². The molecule has 0 aromatic heterocycles. The van der Waals surface area contributed by atoms with Gasteiger partial charge in [0.2, 0.25) is 0 Å². The molecule has 0 unspecified atom stereocenters. The van der Waals surface area contributed by atoms with Gasteiger partial charge in [-0.05, 0) is 12.3 Å². The summed E-state index contributed by atoms with van der Waals surface area (Å²) in [6.45, 7) is 4.90. The fraction of sp³-hybridized carbons (Fsp3) is 0.462. The molecule has 3 N–H and O–H groups in total. The van der Waals surface area contributed by atoms with Crippen LogP contribution < -0.4 is 20.5 Å². The van der Waals surface area contributed by atoms with Gasteiger partial charge in [0.1, 0.15) is 11.5 Å². The van der Waals surface area contributed by atoms with E-state index in [0.29, 0.717) is 35.4 Å². The molecule has 98 valence electrons. The van der Waals surface area contributed by atoms with Crippen LogP contribution >= 0.6 is 0 Å². The van der Waals surface area contributed by atoms with Crippen molar-refractivity contribution in [2.75, 3.05) is 24.3 Å². The van der Waals surface area contributed by atoms with E-state index in [-0.39, 0.29) is 12.5 Å². The summed E-state index contributed by atoms with van der Waals surface area (Å²) in [5.41, 5.74) is 7.01. The number of fused-ring (bicyclic) bond motifs is 1. The van der Waals surface area contributed by atoms with Crippen LogP contribution in [0.25, 0.3) is 0 Å². The molecule has 2 rings (SSSR count). The summed E-state index contributed by atoms with van der Waals surface area (Å²) in [4.78, 5) is 11.2. The summed E-state index contributed by atoms with van der Waals surface area (Å²) in [5, 5.41) is 2.73. The van der Waals surface area contributed by atoms with Gasteiger partial charge in [-0.25, -0.2) is 0 Å². The molecule has 0 atom stereocenters. The zero-order valence-corrected chi connectivity index (χ0v) is 10.7. The molecule has 0 spiro atoms. The fourth-order valence-corrected chi connectivity index (χ4v) is 1.65. The number of hydrogen-bond acceptors (Lipinski definition) is 4. The van der Waals surface area contributed by atoms with E-state index in [1.165, 1.54) is 0 Å². The molecule has 0 fully saturated rings. The molecule has 0 aliphatic carbocycles. The SMILES string of the molecule is CC(C)CCOc1cc2c(cc1N)OCC(=O)N2. The number of carbonyl (C=O) groups is 1. The average molecular weight is 250 g/mol. The molecular formula is C13H18N2O3. The van der Waals surface area contributed by atoms with Gasteiger partial charge < -0.3 is 20.5 Å². The van der Waals surface area contributed by atoms with Crippen molar-refractivity contribution in [2.24, 2.45) is 5.92 Å². The zero-order valence-electron chi connectivity index (χ0n) is 10.7. The van der Waals surface area contributed by atoms with Crippen molar-refractivity contribution in [3.63, 3.8) is 0 Å². The Morgan fingerprint density at radius 3 is 3.00 bits per heavy atom. The minimum absolute atomic E-state index is 0.0278. The maximum atomic E-state index is 11.2. The monoisotopic (exact) mass is 250 g/mol. The summed E-state index contributed by atoms with van der Waals surface area (Å²) in [5.74, 6) is 1.58. The molecule has 1 aliphatic rings. The van der Waals surface area contributed by atoms with Crippen LogP contribution in [0.3, 0.4) is 0 Å².